The van der Waals surface area contributed by atoms with Crippen LogP contribution in [-0.2, 0) is 10.2 Å². The zero-order chi connectivity index (χ0) is 17.2. The fourth-order valence-electron chi connectivity index (χ4n) is 7.14. The molecule has 4 atom stereocenters. The van der Waals surface area contributed by atoms with Gasteiger partial charge in [-0.1, -0.05) is 19.9 Å². The van der Waals surface area contributed by atoms with Crippen LogP contribution in [0.1, 0.15) is 63.5 Å². The van der Waals surface area contributed by atoms with Crippen LogP contribution in [0.4, 0.5) is 0 Å². The van der Waals surface area contributed by atoms with Gasteiger partial charge in [-0.25, -0.2) is 0 Å². The maximum Gasteiger partial charge on any atom is 0.188 e. The van der Waals surface area contributed by atoms with Gasteiger partial charge >= 0.3 is 0 Å². The van der Waals surface area contributed by atoms with E-state index in [9.17, 15) is 0 Å². The summed E-state index contributed by atoms with van der Waals surface area (Å²) in [6.45, 7) is 7.57. The summed E-state index contributed by atoms with van der Waals surface area (Å²) in [4.78, 5) is 0. The Morgan fingerprint density at radius 3 is 2.33 bits per heavy atom. The van der Waals surface area contributed by atoms with E-state index in [-0.39, 0.29) is 5.41 Å². The first-order valence-corrected chi connectivity index (χ1v) is 9.98. The van der Waals surface area contributed by atoms with Crippen LogP contribution in [-0.4, -0.2) is 13.9 Å². The van der Waals surface area contributed by atoms with E-state index in [0.717, 1.165) is 16.1 Å². The van der Waals surface area contributed by atoms with E-state index >= 15 is 0 Å². The van der Waals surface area contributed by atoms with Gasteiger partial charge in [0.25, 0.3) is 0 Å². The second-order valence-electron chi connectivity index (χ2n) is 9.58. The first kappa shape index (κ1) is 16.9. The Balaban J connectivity index is 1.83. The van der Waals surface area contributed by atoms with Gasteiger partial charge in [-0.05, 0) is 89.8 Å². The highest BCUT2D eigenvalue weighted by Crippen LogP contribution is 2.70. The molecule has 0 spiro atoms. The fraction of sp³-hybridized carbons (Fsp3) is 0.714. The van der Waals surface area contributed by atoms with E-state index in [0.29, 0.717) is 17.6 Å². The maximum atomic E-state index is 6.06. The van der Waals surface area contributed by atoms with E-state index in [4.69, 9.17) is 9.47 Å². The van der Waals surface area contributed by atoms with Crippen molar-refractivity contribution >= 4 is 15.9 Å². The Morgan fingerprint density at radius 1 is 1.08 bits per heavy atom. The molecule has 24 heavy (non-hydrogen) atoms. The molecular weight excluding hydrogens is 364 g/mol. The predicted octanol–water partition coefficient (Wildman–Crippen LogP) is 5.99. The fourth-order valence-corrected chi connectivity index (χ4v) is 7.82. The van der Waals surface area contributed by atoms with Crippen LogP contribution >= 0.6 is 15.9 Å². The zero-order valence-electron chi connectivity index (χ0n) is 15.4. The molecule has 4 bridgehead atoms. The largest absolute Gasteiger partial charge is 0.466 e. The number of benzene rings is 1. The number of rotatable bonds is 4. The van der Waals surface area contributed by atoms with Crippen molar-refractivity contribution in [3.63, 3.8) is 0 Å². The minimum Gasteiger partial charge on any atom is -0.466 e. The van der Waals surface area contributed by atoms with Crippen LogP contribution in [0.5, 0.6) is 5.75 Å². The third-order valence-electron chi connectivity index (χ3n) is 6.71. The van der Waals surface area contributed by atoms with E-state index in [1.54, 1.807) is 7.11 Å². The van der Waals surface area contributed by atoms with Crippen molar-refractivity contribution in [1.82, 2.24) is 0 Å². The van der Waals surface area contributed by atoms with Gasteiger partial charge in [-0.15, -0.1) is 0 Å². The van der Waals surface area contributed by atoms with Gasteiger partial charge < -0.3 is 9.47 Å². The molecule has 4 fully saturated rings. The molecule has 1 aromatic carbocycles. The molecule has 3 heteroatoms. The number of methoxy groups -OCH3 is 1. The maximum absolute atomic E-state index is 6.06. The number of halogens is 1. The molecule has 1 aromatic rings. The SMILES string of the molecule is COCOc1c(Br)cc(C)cc1C12CC3CC(C)(C1)C[C@](C)(C3)C2. The summed E-state index contributed by atoms with van der Waals surface area (Å²) < 4.78 is 12.3. The lowest BCUT2D eigenvalue weighted by Crippen LogP contribution is -2.56. The Morgan fingerprint density at radius 2 is 1.75 bits per heavy atom. The lowest BCUT2D eigenvalue weighted by Gasteiger charge is -2.65. The zero-order valence-corrected chi connectivity index (χ0v) is 17.0. The monoisotopic (exact) mass is 392 g/mol. The molecule has 4 aliphatic carbocycles. The molecule has 4 saturated carbocycles. The second kappa shape index (κ2) is 5.48. The molecule has 0 radical (unpaired) electrons. The summed E-state index contributed by atoms with van der Waals surface area (Å²) in [5, 5.41) is 0. The Labute approximate surface area is 154 Å². The van der Waals surface area contributed by atoms with E-state index in [2.05, 4.69) is 48.8 Å². The van der Waals surface area contributed by atoms with Crippen molar-refractivity contribution in [2.24, 2.45) is 16.7 Å². The standard InChI is InChI=1S/C21H29BrO2/c1-14-5-16(18(17(22)6-14)24-13-23-4)21-9-15-7-19(2,11-21)10-20(3,8-15)12-21/h5-6,15H,7-13H2,1-4H3/t15?,19-,20?,21?/m0/s1. The van der Waals surface area contributed by atoms with Crippen molar-refractivity contribution in [2.45, 2.75) is 64.7 Å². The average Bonchev–Trinajstić information content (AvgIpc) is 2.41. The summed E-state index contributed by atoms with van der Waals surface area (Å²) in [7, 11) is 1.69. The van der Waals surface area contributed by atoms with Gasteiger partial charge in [-0.3, -0.25) is 0 Å². The van der Waals surface area contributed by atoms with Gasteiger partial charge in [0.15, 0.2) is 6.79 Å². The van der Waals surface area contributed by atoms with Crippen molar-refractivity contribution in [2.75, 3.05) is 13.9 Å². The van der Waals surface area contributed by atoms with Crippen LogP contribution in [0.15, 0.2) is 16.6 Å². The molecule has 0 saturated heterocycles. The van der Waals surface area contributed by atoms with Gasteiger partial charge in [0.05, 0.1) is 4.47 Å². The third-order valence-corrected chi connectivity index (χ3v) is 7.30. The molecule has 0 amide bonds. The molecular formula is C21H29BrO2. The first-order chi connectivity index (χ1) is 11.3. The highest BCUT2D eigenvalue weighted by atomic mass is 79.9. The summed E-state index contributed by atoms with van der Waals surface area (Å²) >= 11 is 3.75. The Bertz CT molecular complexity index is 650. The third kappa shape index (κ3) is 2.63. The minimum absolute atomic E-state index is 0.278. The van der Waals surface area contributed by atoms with Crippen molar-refractivity contribution in [3.05, 3.63) is 27.7 Å². The van der Waals surface area contributed by atoms with Crippen LogP contribution < -0.4 is 4.74 Å². The quantitative estimate of drug-likeness (QED) is 0.585. The van der Waals surface area contributed by atoms with E-state index < -0.39 is 0 Å². The van der Waals surface area contributed by atoms with Gasteiger partial charge in [0.1, 0.15) is 5.75 Å². The minimum atomic E-state index is 0.278. The highest BCUT2D eigenvalue weighted by molar-refractivity contribution is 9.10. The molecule has 3 unspecified atom stereocenters. The molecule has 4 aliphatic rings. The predicted molar refractivity (Wildman–Crippen MR) is 100 cm³/mol. The van der Waals surface area contributed by atoms with Crippen LogP contribution in [0.3, 0.4) is 0 Å². The summed E-state index contributed by atoms with van der Waals surface area (Å²) in [5.74, 6) is 1.89. The summed E-state index contributed by atoms with van der Waals surface area (Å²) in [5.41, 5.74) is 4.02. The molecule has 132 valence electrons. The molecule has 0 aromatic heterocycles. The highest BCUT2D eigenvalue weighted by Gasteiger charge is 2.61. The summed E-state index contributed by atoms with van der Waals surface area (Å²) in [6, 6.07) is 4.55. The molecule has 5 rings (SSSR count). The molecule has 0 aliphatic heterocycles. The van der Waals surface area contributed by atoms with Crippen molar-refractivity contribution in [1.29, 1.82) is 0 Å². The number of ether oxygens (including phenoxy) is 2. The Hall–Kier alpha value is -0.540. The Kier molecular flexibility index (Phi) is 3.86. The lowest BCUT2D eigenvalue weighted by molar-refractivity contribution is -0.110. The second-order valence-corrected chi connectivity index (χ2v) is 10.4. The number of hydrogen-bond acceptors (Lipinski definition) is 2. The first-order valence-electron chi connectivity index (χ1n) is 9.19. The molecule has 0 heterocycles. The smallest absolute Gasteiger partial charge is 0.188 e. The van der Waals surface area contributed by atoms with Crippen molar-refractivity contribution in [3.8, 4) is 5.75 Å². The van der Waals surface area contributed by atoms with Gasteiger partial charge in [0, 0.05) is 18.1 Å². The van der Waals surface area contributed by atoms with E-state index in [1.807, 2.05) is 0 Å². The van der Waals surface area contributed by atoms with Crippen LogP contribution in [0.2, 0.25) is 0 Å². The van der Waals surface area contributed by atoms with Gasteiger partial charge in [-0.2, -0.15) is 0 Å². The lowest BCUT2D eigenvalue weighted by atomic mass is 9.39. The average molecular weight is 393 g/mol. The normalized spacial score (nSPS) is 40.1. The van der Waals surface area contributed by atoms with Crippen LogP contribution in [0.25, 0.3) is 0 Å². The number of aryl methyl sites for hydroxylation is 1. The topological polar surface area (TPSA) is 18.5 Å². The summed E-state index contributed by atoms with van der Waals surface area (Å²) in [6.07, 6.45) is 8.20. The molecule has 0 N–H and O–H groups in total. The van der Waals surface area contributed by atoms with Crippen molar-refractivity contribution < 1.29 is 9.47 Å². The van der Waals surface area contributed by atoms with Crippen LogP contribution in [0, 0.1) is 23.7 Å². The van der Waals surface area contributed by atoms with E-state index in [1.165, 1.54) is 49.7 Å². The van der Waals surface area contributed by atoms with Gasteiger partial charge in [0.2, 0.25) is 0 Å². The molecule has 2 nitrogen and oxygen atoms in total. The number of hydrogen-bond donors (Lipinski definition) is 0.